The van der Waals surface area contributed by atoms with Crippen molar-refractivity contribution in [3.8, 4) is 33.6 Å². The van der Waals surface area contributed by atoms with Crippen LogP contribution < -0.4 is 21.2 Å². The van der Waals surface area contributed by atoms with E-state index in [0.717, 1.165) is 111 Å². The maximum Gasteiger partial charge on any atom is 0.173 e. The molecule has 0 saturated heterocycles. The SMILES string of the molecule is O=P1(C2=CC=C3c4ccccc4-c4nc5ccc(-c6ccc7cc(P8(=O)c9ccccc9-c9ccccc98)cnc7c6)cc5n4C3C2)C2=C(C=CCC2)c2ccccc21. The fourth-order valence-electron chi connectivity index (χ4n) is 10.6. The van der Waals surface area contributed by atoms with Gasteiger partial charge in [0, 0.05) is 50.1 Å². The number of nitrogens with zero attached hydrogens (tertiary/aromatic N) is 3. The van der Waals surface area contributed by atoms with Crippen molar-refractivity contribution in [2.45, 2.75) is 25.3 Å². The molecule has 0 N–H and O–H groups in total. The Bertz CT molecular complexity index is 3410. The third kappa shape index (κ3) is 4.47. The molecule has 6 aromatic carbocycles. The van der Waals surface area contributed by atoms with Crippen molar-refractivity contribution in [1.29, 1.82) is 0 Å². The molecule has 7 heteroatoms. The van der Waals surface area contributed by atoms with E-state index in [0.29, 0.717) is 6.42 Å². The maximum absolute atomic E-state index is 15.7. The van der Waals surface area contributed by atoms with Gasteiger partial charge in [-0.3, -0.25) is 4.98 Å². The highest BCUT2D eigenvalue weighted by atomic mass is 31.2. The second-order valence-electron chi connectivity index (χ2n) is 16.2. The van der Waals surface area contributed by atoms with E-state index in [4.69, 9.17) is 9.97 Å². The summed E-state index contributed by atoms with van der Waals surface area (Å²) in [6.07, 6.45) is 13.0. The third-order valence-corrected chi connectivity index (χ3v) is 19.8. The van der Waals surface area contributed by atoms with Crippen LogP contribution in [0.5, 0.6) is 0 Å². The van der Waals surface area contributed by atoms with Crippen LogP contribution in [0.4, 0.5) is 0 Å². The molecular formula is C52H35N3O2P2. The van der Waals surface area contributed by atoms with Gasteiger partial charge in [-0.1, -0.05) is 140 Å². The Morgan fingerprint density at radius 3 is 2.05 bits per heavy atom. The monoisotopic (exact) mass is 795 g/mol. The van der Waals surface area contributed by atoms with Crippen LogP contribution >= 0.6 is 14.3 Å². The Morgan fingerprint density at radius 1 is 0.610 bits per heavy atom. The number of fused-ring (bicyclic) bond motifs is 14. The summed E-state index contributed by atoms with van der Waals surface area (Å²) in [4.78, 5) is 10.3. The van der Waals surface area contributed by atoms with Gasteiger partial charge in [0.15, 0.2) is 14.3 Å². The molecule has 280 valence electrons. The van der Waals surface area contributed by atoms with E-state index in [2.05, 4.69) is 126 Å². The van der Waals surface area contributed by atoms with Crippen molar-refractivity contribution in [2.75, 3.05) is 0 Å². The van der Waals surface area contributed by atoms with E-state index in [1.165, 1.54) is 11.1 Å². The zero-order chi connectivity index (χ0) is 39.0. The summed E-state index contributed by atoms with van der Waals surface area (Å²) in [5.41, 5.74) is 12.8. The van der Waals surface area contributed by atoms with Crippen LogP contribution in [0.25, 0.3) is 66.7 Å². The van der Waals surface area contributed by atoms with Crippen LogP contribution in [0.1, 0.15) is 36.4 Å². The number of pyridine rings is 1. The Hall–Kier alpha value is -6.38. The Morgan fingerprint density at radius 2 is 1.27 bits per heavy atom. The molecule has 5 nitrogen and oxygen atoms in total. The van der Waals surface area contributed by atoms with Crippen LogP contribution in [0, 0.1) is 0 Å². The molecule has 0 radical (unpaired) electrons. The standard InChI is InChI=1S/C52H35N3O2P2/c56-58(48-17-7-3-12-39(48)40-13-4-8-18-49(40)58)35-24-25-38-37-11-1-2-16-43(37)52-54-44-26-23-33(29-47(44)55(52)46(38)30-35)32-21-22-34-27-36(31-53-45(34)28-32)59(57)50-19-9-5-14-41(50)42-15-6-10-20-51(42)59/h1-7,9-17,19-29,31,46H,8,18,30H2. The first-order chi connectivity index (χ1) is 29.0. The minimum atomic E-state index is -3.09. The average molecular weight is 796 g/mol. The molecule has 3 aliphatic heterocycles. The molecule has 5 aliphatic rings. The lowest BCUT2D eigenvalue weighted by Gasteiger charge is -2.35. The van der Waals surface area contributed by atoms with Crippen molar-refractivity contribution >= 4 is 68.6 Å². The highest BCUT2D eigenvalue weighted by Crippen LogP contribution is 2.71. The smallest absolute Gasteiger partial charge is 0.173 e. The van der Waals surface area contributed by atoms with Gasteiger partial charge in [0.25, 0.3) is 0 Å². The molecule has 0 saturated carbocycles. The second kappa shape index (κ2) is 12.1. The van der Waals surface area contributed by atoms with Gasteiger partial charge in [-0.25, -0.2) is 4.98 Å². The molecule has 0 fully saturated rings. The largest absolute Gasteiger partial charge is 0.316 e. The van der Waals surface area contributed by atoms with E-state index in [1.54, 1.807) is 0 Å². The molecule has 0 spiro atoms. The fourth-order valence-corrected chi connectivity index (χ4v) is 17.1. The summed E-state index contributed by atoms with van der Waals surface area (Å²) in [5, 5.41) is 6.58. The summed E-state index contributed by atoms with van der Waals surface area (Å²) >= 11 is 0. The zero-order valence-corrected chi connectivity index (χ0v) is 33.7. The molecule has 2 atom stereocenters. The number of rotatable bonds is 3. The first-order valence-corrected chi connectivity index (χ1v) is 23.8. The quantitative estimate of drug-likeness (QED) is 0.167. The molecule has 8 aromatic rings. The average Bonchev–Trinajstić information content (AvgIpc) is 3.91. The van der Waals surface area contributed by atoms with Gasteiger partial charge in [0.05, 0.1) is 22.6 Å². The summed E-state index contributed by atoms with van der Waals surface area (Å²) in [6, 6.07) is 48.0. The van der Waals surface area contributed by atoms with E-state index in [9.17, 15) is 0 Å². The minimum Gasteiger partial charge on any atom is -0.316 e. The predicted octanol–water partition coefficient (Wildman–Crippen LogP) is 11.5. The highest BCUT2D eigenvalue weighted by Gasteiger charge is 2.46. The van der Waals surface area contributed by atoms with Crippen molar-refractivity contribution in [3.63, 3.8) is 0 Å². The molecule has 0 amide bonds. The first kappa shape index (κ1) is 33.6. The molecule has 59 heavy (non-hydrogen) atoms. The van der Waals surface area contributed by atoms with Crippen LogP contribution in [0.15, 0.2) is 181 Å². The first-order valence-electron chi connectivity index (χ1n) is 20.3. The van der Waals surface area contributed by atoms with Crippen LogP contribution in [-0.2, 0) is 9.13 Å². The normalized spacial score (nSPS) is 20.2. The number of allylic oxidation sites excluding steroid dienone is 8. The van der Waals surface area contributed by atoms with Gasteiger partial charge in [-0.15, -0.1) is 0 Å². The van der Waals surface area contributed by atoms with E-state index in [-0.39, 0.29) is 6.04 Å². The maximum atomic E-state index is 15.7. The molecule has 13 rings (SSSR count). The van der Waals surface area contributed by atoms with Crippen LogP contribution in [-0.4, -0.2) is 14.5 Å². The minimum absolute atomic E-state index is 0.0628. The number of benzene rings is 6. The van der Waals surface area contributed by atoms with Crippen molar-refractivity contribution in [2.24, 2.45) is 0 Å². The topological polar surface area (TPSA) is 64.8 Å². The molecule has 2 unspecified atom stereocenters. The fraction of sp³-hybridized carbons (Fsp3) is 0.0769. The molecule has 2 aliphatic carbocycles. The zero-order valence-electron chi connectivity index (χ0n) is 31.9. The van der Waals surface area contributed by atoms with Gasteiger partial charge in [-0.2, -0.15) is 0 Å². The van der Waals surface area contributed by atoms with E-state index < -0.39 is 14.3 Å². The number of hydrogen-bond donors (Lipinski definition) is 0. The van der Waals surface area contributed by atoms with E-state index in [1.807, 2.05) is 48.7 Å². The lowest BCUT2D eigenvalue weighted by atomic mass is 9.86. The van der Waals surface area contributed by atoms with Crippen molar-refractivity contribution < 1.29 is 9.13 Å². The van der Waals surface area contributed by atoms with Gasteiger partial charge in [-0.05, 0) is 86.9 Å². The number of hydrogen-bond acceptors (Lipinski definition) is 4. The second-order valence-corrected chi connectivity index (χ2v) is 21.7. The molecular weight excluding hydrogens is 761 g/mol. The number of aromatic nitrogens is 3. The van der Waals surface area contributed by atoms with E-state index >= 15 is 9.13 Å². The lowest BCUT2D eigenvalue weighted by Crippen LogP contribution is -2.21. The Kier molecular flexibility index (Phi) is 6.88. The van der Waals surface area contributed by atoms with Crippen molar-refractivity contribution in [3.05, 3.63) is 192 Å². The lowest BCUT2D eigenvalue weighted by molar-refractivity contribution is 0.580. The third-order valence-electron chi connectivity index (χ3n) is 13.3. The summed E-state index contributed by atoms with van der Waals surface area (Å²) in [5.74, 6) is 0.944. The summed E-state index contributed by atoms with van der Waals surface area (Å²) < 4.78 is 33.3. The van der Waals surface area contributed by atoms with Crippen LogP contribution in [0.3, 0.4) is 0 Å². The summed E-state index contributed by atoms with van der Waals surface area (Å²) in [7, 11) is -6.10. The highest BCUT2D eigenvalue weighted by molar-refractivity contribution is 7.86. The van der Waals surface area contributed by atoms with Crippen LogP contribution in [0.2, 0.25) is 0 Å². The Labute approximate surface area is 341 Å². The summed E-state index contributed by atoms with van der Waals surface area (Å²) in [6.45, 7) is 0. The van der Waals surface area contributed by atoms with Gasteiger partial charge in [0.2, 0.25) is 0 Å². The van der Waals surface area contributed by atoms with Gasteiger partial charge >= 0.3 is 0 Å². The number of imidazole rings is 1. The molecule has 5 heterocycles. The van der Waals surface area contributed by atoms with Crippen molar-refractivity contribution in [1.82, 2.24) is 14.5 Å². The Balaban J connectivity index is 0.919. The molecule has 2 aromatic heterocycles. The van der Waals surface area contributed by atoms with Gasteiger partial charge in [0.1, 0.15) is 5.82 Å². The predicted molar refractivity (Wildman–Crippen MR) is 243 cm³/mol. The molecule has 0 bridgehead atoms. The van der Waals surface area contributed by atoms with Gasteiger partial charge < -0.3 is 13.7 Å².